The molecule has 1 amide bonds. The first-order chi connectivity index (χ1) is 9.22. The maximum atomic E-state index is 12.1. The van der Waals surface area contributed by atoms with Crippen LogP contribution in [0.15, 0.2) is 28.4 Å². The summed E-state index contributed by atoms with van der Waals surface area (Å²) in [5.41, 5.74) is 7.57. The van der Waals surface area contributed by atoms with Gasteiger partial charge in [-0.3, -0.25) is 4.79 Å². The van der Waals surface area contributed by atoms with Crippen LogP contribution >= 0.6 is 36.2 Å². The molecular formula is C13H17Cl2N3O2S. The first-order valence-corrected chi connectivity index (χ1v) is 7.10. The second-order valence-corrected chi connectivity index (χ2v) is 5.58. The van der Waals surface area contributed by atoms with Crippen molar-refractivity contribution in [3.05, 3.63) is 29.7 Å². The average Bonchev–Trinajstić information content (AvgIpc) is 3.07. The van der Waals surface area contributed by atoms with E-state index in [0.29, 0.717) is 13.0 Å². The minimum atomic E-state index is 0. The van der Waals surface area contributed by atoms with E-state index in [4.69, 9.17) is 10.2 Å². The molecular weight excluding hydrogens is 333 g/mol. The zero-order chi connectivity index (χ0) is 13.2. The van der Waals surface area contributed by atoms with Crippen molar-refractivity contribution in [3.8, 4) is 10.6 Å². The summed E-state index contributed by atoms with van der Waals surface area (Å²) in [7, 11) is 0. The lowest BCUT2D eigenvalue weighted by atomic mass is 10.3. The van der Waals surface area contributed by atoms with Crippen LogP contribution in [-0.2, 0) is 11.2 Å². The van der Waals surface area contributed by atoms with Crippen molar-refractivity contribution in [1.82, 2.24) is 9.88 Å². The molecule has 1 aliphatic rings. The molecule has 0 spiro atoms. The molecule has 1 atom stereocenters. The van der Waals surface area contributed by atoms with Gasteiger partial charge in [0.2, 0.25) is 5.91 Å². The van der Waals surface area contributed by atoms with Gasteiger partial charge in [-0.1, -0.05) is 0 Å². The summed E-state index contributed by atoms with van der Waals surface area (Å²) in [4.78, 5) is 18.4. The van der Waals surface area contributed by atoms with Crippen molar-refractivity contribution in [2.75, 3.05) is 13.1 Å². The maximum absolute atomic E-state index is 12.1. The Kier molecular flexibility index (Phi) is 6.67. The molecule has 0 saturated carbocycles. The highest BCUT2D eigenvalue weighted by Crippen LogP contribution is 2.24. The normalized spacial score (nSPS) is 17.2. The van der Waals surface area contributed by atoms with Crippen molar-refractivity contribution >= 4 is 42.1 Å². The second kappa shape index (κ2) is 7.79. The minimum absolute atomic E-state index is 0. The number of carbonyl (C=O) groups excluding carboxylic acids is 1. The molecule has 21 heavy (non-hydrogen) atoms. The smallest absolute Gasteiger partial charge is 0.228 e. The van der Waals surface area contributed by atoms with E-state index < -0.39 is 0 Å². The molecule has 1 fully saturated rings. The van der Waals surface area contributed by atoms with E-state index in [9.17, 15) is 4.79 Å². The van der Waals surface area contributed by atoms with Crippen LogP contribution in [0.25, 0.3) is 10.6 Å². The summed E-state index contributed by atoms with van der Waals surface area (Å²) in [5, 5.41) is 2.81. The number of nitrogens with zero attached hydrogens (tertiary/aromatic N) is 2. The predicted octanol–water partition coefficient (Wildman–Crippen LogP) is 2.35. The van der Waals surface area contributed by atoms with Gasteiger partial charge < -0.3 is 15.1 Å². The number of halogens is 2. The van der Waals surface area contributed by atoms with Gasteiger partial charge in [0.25, 0.3) is 0 Å². The van der Waals surface area contributed by atoms with E-state index in [1.54, 1.807) is 12.5 Å². The third-order valence-electron chi connectivity index (χ3n) is 3.23. The first-order valence-electron chi connectivity index (χ1n) is 6.22. The highest BCUT2D eigenvalue weighted by atomic mass is 35.5. The standard InChI is InChI=1S/C13H15N3O2S.2ClH/c14-10-1-3-16(6-10)12(17)5-11-8-19-13(15-11)9-2-4-18-7-9;;/h2,4,7-8,10H,1,3,5-6,14H2;2*1H/t10-;;/m1../s1. The molecule has 0 aliphatic carbocycles. The molecule has 0 radical (unpaired) electrons. The van der Waals surface area contributed by atoms with Gasteiger partial charge in [0.1, 0.15) is 11.3 Å². The van der Waals surface area contributed by atoms with Crippen molar-refractivity contribution < 1.29 is 9.21 Å². The van der Waals surface area contributed by atoms with Crippen LogP contribution in [0.2, 0.25) is 0 Å². The molecule has 8 heteroatoms. The summed E-state index contributed by atoms with van der Waals surface area (Å²) in [6.45, 7) is 1.43. The monoisotopic (exact) mass is 349 g/mol. The zero-order valence-corrected chi connectivity index (χ0v) is 13.7. The van der Waals surface area contributed by atoms with Crippen LogP contribution in [0, 0.1) is 0 Å². The molecule has 0 aromatic carbocycles. The van der Waals surface area contributed by atoms with E-state index in [0.717, 1.165) is 29.2 Å². The molecule has 0 unspecified atom stereocenters. The first kappa shape index (κ1) is 18.0. The number of aromatic nitrogens is 1. The molecule has 2 aromatic rings. The molecule has 0 bridgehead atoms. The van der Waals surface area contributed by atoms with Crippen LogP contribution in [0.4, 0.5) is 0 Å². The number of nitrogens with two attached hydrogens (primary N) is 1. The number of amides is 1. The Hall–Kier alpha value is -1.08. The Morgan fingerprint density at radius 3 is 2.95 bits per heavy atom. The van der Waals surface area contributed by atoms with Gasteiger partial charge in [0.05, 0.1) is 18.4 Å². The predicted molar refractivity (Wildman–Crippen MR) is 87.2 cm³/mol. The van der Waals surface area contributed by atoms with Crippen molar-refractivity contribution in [2.24, 2.45) is 5.73 Å². The maximum Gasteiger partial charge on any atom is 0.228 e. The highest BCUT2D eigenvalue weighted by molar-refractivity contribution is 7.13. The summed E-state index contributed by atoms with van der Waals surface area (Å²) < 4.78 is 5.03. The van der Waals surface area contributed by atoms with Gasteiger partial charge >= 0.3 is 0 Å². The fraction of sp³-hybridized carbons (Fsp3) is 0.385. The molecule has 5 nitrogen and oxygen atoms in total. The number of likely N-dealkylation sites (tertiary alicyclic amines) is 1. The van der Waals surface area contributed by atoms with E-state index in [1.165, 1.54) is 11.3 Å². The molecule has 3 rings (SSSR count). The fourth-order valence-electron chi connectivity index (χ4n) is 2.19. The molecule has 1 aliphatic heterocycles. The number of hydrogen-bond acceptors (Lipinski definition) is 5. The largest absolute Gasteiger partial charge is 0.472 e. The Morgan fingerprint density at radius 1 is 1.52 bits per heavy atom. The second-order valence-electron chi connectivity index (χ2n) is 4.72. The number of carbonyl (C=O) groups is 1. The van der Waals surface area contributed by atoms with Gasteiger partial charge in [-0.25, -0.2) is 4.98 Å². The van der Waals surface area contributed by atoms with E-state index in [-0.39, 0.29) is 36.8 Å². The quantitative estimate of drug-likeness (QED) is 0.922. The summed E-state index contributed by atoms with van der Waals surface area (Å²) >= 11 is 1.53. The third-order valence-corrected chi connectivity index (χ3v) is 4.17. The number of rotatable bonds is 3. The van der Waals surface area contributed by atoms with Crippen molar-refractivity contribution in [1.29, 1.82) is 0 Å². The molecule has 2 aromatic heterocycles. The fourth-order valence-corrected chi connectivity index (χ4v) is 2.99. The van der Waals surface area contributed by atoms with Gasteiger partial charge in [-0.15, -0.1) is 36.2 Å². The lowest BCUT2D eigenvalue weighted by Gasteiger charge is -2.14. The van der Waals surface area contributed by atoms with E-state index >= 15 is 0 Å². The van der Waals surface area contributed by atoms with Crippen molar-refractivity contribution in [3.63, 3.8) is 0 Å². The molecule has 116 valence electrons. The lowest BCUT2D eigenvalue weighted by Crippen LogP contribution is -2.32. The van der Waals surface area contributed by atoms with Crippen LogP contribution in [0.3, 0.4) is 0 Å². The van der Waals surface area contributed by atoms with Gasteiger partial charge in [0.15, 0.2) is 0 Å². The average molecular weight is 350 g/mol. The Bertz CT molecular complexity index is 574. The molecule has 3 heterocycles. The number of furan rings is 1. The zero-order valence-electron chi connectivity index (χ0n) is 11.2. The van der Waals surface area contributed by atoms with E-state index in [1.807, 2.05) is 16.3 Å². The van der Waals surface area contributed by atoms with Crippen LogP contribution in [-0.4, -0.2) is 34.9 Å². The summed E-state index contributed by atoms with van der Waals surface area (Å²) in [6, 6.07) is 1.99. The number of hydrogen-bond donors (Lipinski definition) is 1. The lowest BCUT2D eigenvalue weighted by molar-refractivity contribution is -0.129. The van der Waals surface area contributed by atoms with Crippen LogP contribution in [0.5, 0.6) is 0 Å². The Morgan fingerprint density at radius 2 is 2.33 bits per heavy atom. The Balaban J connectivity index is 0.00000110. The highest BCUT2D eigenvalue weighted by Gasteiger charge is 2.24. The third kappa shape index (κ3) is 4.20. The van der Waals surface area contributed by atoms with Gasteiger partial charge in [-0.2, -0.15) is 0 Å². The number of thiazole rings is 1. The molecule has 1 saturated heterocycles. The Labute approximate surface area is 139 Å². The summed E-state index contributed by atoms with van der Waals surface area (Å²) in [6.07, 6.45) is 4.52. The van der Waals surface area contributed by atoms with Crippen LogP contribution in [0.1, 0.15) is 12.1 Å². The van der Waals surface area contributed by atoms with Crippen molar-refractivity contribution in [2.45, 2.75) is 18.9 Å². The summed E-state index contributed by atoms with van der Waals surface area (Å²) in [5.74, 6) is 0.108. The molecule has 2 N–H and O–H groups in total. The minimum Gasteiger partial charge on any atom is -0.472 e. The van der Waals surface area contributed by atoms with E-state index in [2.05, 4.69) is 4.98 Å². The SMILES string of the molecule is Cl.Cl.N[C@@H]1CCN(C(=O)Cc2csc(-c3ccoc3)n2)C1. The van der Waals surface area contributed by atoms with Gasteiger partial charge in [-0.05, 0) is 12.5 Å². The topological polar surface area (TPSA) is 72.4 Å². The van der Waals surface area contributed by atoms with Crippen LogP contribution < -0.4 is 5.73 Å². The van der Waals surface area contributed by atoms with Gasteiger partial charge in [0, 0.05) is 30.1 Å².